The van der Waals surface area contributed by atoms with E-state index in [0.717, 1.165) is 29.4 Å². The van der Waals surface area contributed by atoms with Crippen molar-refractivity contribution in [1.82, 2.24) is 9.97 Å². The quantitative estimate of drug-likeness (QED) is 0.887. The first-order chi connectivity index (χ1) is 7.78. The Balaban J connectivity index is 1.93. The van der Waals surface area contributed by atoms with E-state index < -0.39 is 5.54 Å². The van der Waals surface area contributed by atoms with E-state index in [0.29, 0.717) is 6.61 Å². The lowest BCUT2D eigenvalue weighted by Crippen LogP contribution is -2.37. The van der Waals surface area contributed by atoms with E-state index in [4.69, 9.17) is 10.5 Å². The number of aromatic nitrogens is 2. The number of rotatable bonds is 2. The Kier molecular flexibility index (Phi) is 2.51. The summed E-state index contributed by atoms with van der Waals surface area (Å²) in [5.41, 5.74) is 9.53. The number of hydrogen-bond acceptors (Lipinski definition) is 6. The first kappa shape index (κ1) is 10.3. The van der Waals surface area contributed by atoms with Crippen LogP contribution in [0, 0.1) is 0 Å². The predicted octanol–water partition coefficient (Wildman–Crippen LogP) is 1.84. The third-order valence-corrected chi connectivity index (χ3v) is 4.17. The van der Waals surface area contributed by atoms with Crippen LogP contribution in [-0.2, 0) is 10.3 Å². The zero-order valence-corrected chi connectivity index (χ0v) is 10.2. The molecule has 0 radical (unpaired) electrons. The highest BCUT2D eigenvalue weighted by atomic mass is 32.1. The second kappa shape index (κ2) is 3.89. The van der Waals surface area contributed by atoms with E-state index >= 15 is 0 Å². The molecule has 0 bridgehead atoms. The van der Waals surface area contributed by atoms with Gasteiger partial charge in [-0.3, -0.25) is 0 Å². The van der Waals surface area contributed by atoms with Gasteiger partial charge in [0, 0.05) is 17.4 Å². The molecule has 1 atom stereocenters. The molecule has 0 aliphatic carbocycles. The highest BCUT2D eigenvalue weighted by molar-refractivity contribution is 7.13. The highest BCUT2D eigenvalue weighted by Gasteiger charge is 2.34. The average Bonchev–Trinajstić information content (AvgIpc) is 2.98. The summed E-state index contributed by atoms with van der Waals surface area (Å²) >= 11 is 3.16. The number of nitrogens with two attached hydrogens (primary N) is 1. The van der Waals surface area contributed by atoms with E-state index in [1.54, 1.807) is 22.7 Å². The van der Waals surface area contributed by atoms with Crippen molar-refractivity contribution in [2.75, 3.05) is 13.2 Å². The molecule has 2 N–H and O–H groups in total. The first-order valence-electron chi connectivity index (χ1n) is 4.99. The van der Waals surface area contributed by atoms with Crippen LogP contribution in [0.2, 0.25) is 0 Å². The molecule has 84 valence electrons. The van der Waals surface area contributed by atoms with Gasteiger partial charge in [0.05, 0.1) is 23.4 Å². The zero-order chi connectivity index (χ0) is 11.0. The van der Waals surface area contributed by atoms with Crippen LogP contribution in [0.4, 0.5) is 0 Å². The molecule has 3 rings (SSSR count). The van der Waals surface area contributed by atoms with Crippen molar-refractivity contribution in [3.8, 4) is 10.7 Å². The van der Waals surface area contributed by atoms with Crippen molar-refractivity contribution in [2.24, 2.45) is 5.73 Å². The van der Waals surface area contributed by atoms with Crippen LogP contribution in [-0.4, -0.2) is 23.2 Å². The normalized spacial score (nSPS) is 25.1. The SMILES string of the molecule is NC1(c2csc(-c3cscn3)n2)CCOC1. The molecule has 0 aromatic carbocycles. The lowest BCUT2D eigenvalue weighted by molar-refractivity contribution is 0.177. The van der Waals surface area contributed by atoms with Crippen LogP contribution in [0.1, 0.15) is 12.1 Å². The Morgan fingerprint density at radius 1 is 1.44 bits per heavy atom. The minimum atomic E-state index is -0.398. The van der Waals surface area contributed by atoms with Gasteiger partial charge >= 0.3 is 0 Å². The standard InChI is InChI=1S/C10H11N3OS2/c11-10(1-2-14-5-10)8-4-16-9(13-8)7-3-15-6-12-7/h3-4,6H,1-2,5,11H2. The Morgan fingerprint density at radius 2 is 2.38 bits per heavy atom. The van der Waals surface area contributed by atoms with Crippen molar-refractivity contribution in [3.63, 3.8) is 0 Å². The van der Waals surface area contributed by atoms with Gasteiger partial charge in [0.1, 0.15) is 10.7 Å². The third-order valence-electron chi connectivity index (χ3n) is 2.72. The summed E-state index contributed by atoms with van der Waals surface area (Å²) < 4.78 is 5.34. The Hall–Kier alpha value is -0.820. The molecule has 3 heterocycles. The Morgan fingerprint density at radius 3 is 3.06 bits per heavy atom. The molecule has 16 heavy (non-hydrogen) atoms. The summed E-state index contributed by atoms with van der Waals surface area (Å²) in [5, 5.41) is 4.95. The molecule has 0 amide bonds. The van der Waals surface area contributed by atoms with Crippen LogP contribution in [0.5, 0.6) is 0 Å². The lowest BCUT2D eigenvalue weighted by Gasteiger charge is -2.18. The van der Waals surface area contributed by atoms with Crippen LogP contribution in [0.25, 0.3) is 10.7 Å². The fourth-order valence-corrected chi connectivity index (χ4v) is 3.23. The van der Waals surface area contributed by atoms with Gasteiger partial charge in [-0.05, 0) is 6.42 Å². The van der Waals surface area contributed by atoms with E-state index in [-0.39, 0.29) is 0 Å². The first-order valence-corrected chi connectivity index (χ1v) is 6.81. The monoisotopic (exact) mass is 253 g/mol. The molecular weight excluding hydrogens is 242 g/mol. The van der Waals surface area contributed by atoms with E-state index in [1.807, 2.05) is 16.3 Å². The van der Waals surface area contributed by atoms with Gasteiger partial charge in [0.15, 0.2) is 0 Å². The molecule has 1 saturated heterocycles. The zero-order valence-electron chi connectivity index (χ0n) is 8.55. The number of nitrogens with zero attached hydrogens (tertiary/aromatic N) is 2. The molecule has 6 heteroatoms. The molecule has 0 saturated carbocycles. The van der Waals surface area contributed by atoms with Gasteiger partial charge in [-0.25, -0.2) is 9.97 Å². The minimum absolute atomic E-state index is 0.398. The van der Waals surface area contributed by atoms with Crippen LogP contribution in [0.15, 0.2) is 16.3 Å². The second-order valence-corrected chi connectivity index (χ2v) is 5.45. The summed E-state index contributed by atoms with van der Waals surface area (Å²) in [6.45, 7) is 1.29. The van der Waals surface area contributed by atoms with Gasteiger partial charge < -0.3 is 10.5 Å². The number of thiazole rings is 2. The van der Waals surface area contributed by atoms with Crippen molar-refractivity contribution in [1.29, 1.82) is 0 Å². The third kappa shape index (κ3) is 1.67. The van der Waals surface area contributed by atoms with Crippen molar-refractivity contribution >= 4 is 22.7 Å². The molecule has 1 unspecified atom stereocenters. The summed E-state index contributed by atoms with van der Waals surface area (Å²) in [6, 6.07) is 0. The predicted molar refractivity (Wildman–Crippen MR) is 64.5 cm³/mol. The molecule has 2 aromatic heterocycles. The molecule has 1 aliphatic rings. The van der Waals surface area contributed by atoms with Gasteiger partial charge in [-0.15, -0.1) is 22.7 Å². The summed E-state index contributed by atoms with van der Waals surface area (Å²) in [4.78, 5) is 8.81. The summed E-state index contributed by atoms with van der Waals surface area (Å²) in [5.74, 6) is 0. The summed E-state index contributed by atoms with van der Waals surface area (Å²) in [6.07, 6.45) is 0.841. The van der Waals surface area contributed by atoms with Gasteiger partial charge in [0.25, 0.3) is 0 Å². The maximum absolute atomic E-state index is 6.25. The van der Waals surface area contributed by atoms with E-state index in [2.05, 4.69) is 9.97 Å². The van der Waals surface area contributed by atoms with Gasteiger partial charge in [-0.1, -0.05) is 0 Å². The molecular formula is C10H11N3OS2. The summed E-state index contributed by atoms with van der Waals surface area (Å²) in [7, 11) is 0. The fraction of sp³-hybridized carbons (Fsp3) is 0.400. The highest BCUT2D eigenvalue weighted by Crippen LogP contribution is 2.31. The topological polar surface area (TPSA) is 61.0 Å². The molecule has 2 aromatic rings. The number of ether oxygens (including phenoxy) is 1. The van der Waals surface area contributed by atoms with E-state index in [9.17, 15) is 0 Å². The average molecular weight is 253 g/mol. The van der Waals surface area contributed by atoms with Crippen LogP contribution >= 0.6 is 22.7 Å². The smallest absolute Gasteiger partial charge is 0.143 e. The Labute approximate surface area is 101 Å². The maximum atomic E-state index is 6.25. The molecule has 1 fully saturated rings. The molecule has 4 nitrogen and oxygen atoms in total. The lowest BCUT2D eigenvalue weighted by atomic mass is 9.97. The Bertz CT molecular complexity index is 474. The van der Waals surface area contributed by atoms with Gasteiger partial charge in [-0.2, -0.15) is 0 Å². The molecule has 1 aliphatic heterocycles. The van der Waals surface area contributed by atoms with Crippen molar-refractivity contribution in [3.05, 3.63) is 22.0 Å². The molecule has 0 spiro atoms. The van der Waals surface area contributed by atoms with Crippen LogP contribution < -0.4 is 5.73 Å². The number of hydrogen-bond donors (Lipinski definition) is 1. The van der Waals surface area contributed by atoms with E-state index in [1.165, 1.54) is 0 Å². The van der Waals surface area contributed by atoms with Gasteiger partial charge in [0.2, 0.25) is 0 Å². The van der Waals surface area contributed by atoms with Crippen LogP contribution in [0.3, 0.4) is 0 Å². The minimum Gasteiger partial charge on any atom is -0.379 e. The van der Waals surface area contributed by atoms with Crippen molar-refractivity contribution < 1.29 is 4.74 Å². The maximum Gasteiger partial charge on any atom is 0.143 e. The van der Waals surface area contributed by atoms with Crippen molar-refractivity contribution in [2.45, 2.75) is 12.0 Å². The second-order valence-electron chi connectivity index (χ2n) is 3.87. The largest absolute Gasteiger partial charge is 0.379 e. The fourth-order valence-electron chi connectivity index (χ4n) is 1.72.